The van der Waals surface area contributed by atoms with Gasteiger partial charge in [0.2, 0.25) is 0 Å². The summed E-state index contributed by atoms with van der Waals surface area (Å²) < 4.78 is 4.87. The molecule has 0 aromatic rings. The first-order valence-electron chi connectivity index (χ1n) is 4.32. The van der Waals surface area contributed by atoms with Gasteiger partial charge in [-0.3, -0.25) is 9.59 Å². The van der Waals surface area contributed by atoms with Crippen LogP contribution in [-0.4, -0.2) is 18.2 Å². The standard InChI is InChI=1S/C5H8O2.C4H9O.Zr/c1-4(6)3-5(2)7;1-2-3-4-5;/h3H2,1-2H3;2-4H2,1H3;/q;-1;+1. The molecule has 0 bridgehead atoms. The molecule has 0 radical (unpaired) electrons. The van der Waals surface area contributed by atoms with Crippen molar-refractivity contribution in [2.75, 3.05) is 6.61 Å². The normalized spacial score (nSPS) is 8.46. The number of rotatable bonds is 5. The quantitative estimate of drug-likeness (QED) is 0.562. The molecule has 0 aliphatic carbocycles. The van der Waals surface area contributed by atoms with E-state index in [1.807, 2.05) is 0 Å². The number of Topliss-reactive ketones (excluding diaryl/α,β-unsaturated/α-hetero) is 2. The van der Waals surface area contributed by atoms with Gasteiger partial charge < -0.3 is 0 Å². The first-order chi connectivity index (χ1) is 6.04. The van der Waals surface area contributed by atoms with Crippen molar-refractivity contribution >= 4 is 11.6 Å². The fraction of sp³-hybridized carbons (Fsp3) is 0.778. The van der Waals surface area contributed by atoms with Crippen molar-refractivity contribution in [2.24, 2.45) is 0 Å². The zero-order chi connectivity index (χ0) is 10.7. The third-order valence-electron chi connectivity index (χ3n) is 1.10. The van der Waals surface area contributed by atoms with Crippen molar-refractivity contribution in [3.8, 4) is 0 Å². The second-order valence-electron chi connectivity index (χ2n) is 2.78. The first-order valence-corrected chi connectivity index (χ1v) is 5.32. The van der Waals surface area contributed by atoms with E-state index in [1.165, 1.54) is 51.8 Å². The van der Waals surface area contributed by atoms with E-state index in [1.54, 1.807) is 0 Å². The summed E-state index contributed by atoms with van der Waals surface area (Å²) in [6.07, 6.45) is 2.54. The zero-order valence-corrected chi connectivity index (χ0v) is 11.0. The molecule has 0 unspecified atom stereocenters. The van der Waals surface area contributed by atoms with Crippen LogP contribution in [0, 0.1) is 0 Å². The number of hydrogen-bond acceptors (Lipinski definition) is 3. The van der Waals surface area contributed by atoms with Gasteiger partial charge in [0.15, 0.2) is 0 Å². The van der Waals surface area contributed by atoms with Gasteiger partial charge in [0.1, 0.15) is 11.6 Å². The van der Waals surface area contributed by atoms with Crippen LogP contribution in [0.5, 0.6) is 0 Å². The second kappa shape index (κ2) is 12.2. The van der Waals surface area contributed by atoms with E-state index in [4.69, 9.17) is 2.81 Å². The van der Waals surface area contributed by atoms with Crippen LogP contribution < -0.4 is 0 Å². The Labute approximate surface area is 95.7 Å². The van der Waals surface area contributed by atoms with Crippen molar-refractivity contribution < 1.29 is 37.6 Å². The molecule has 0 rings (SSSR count). The molecule has 0 aliphatic rings. The maximum atomic E-state index is 10.0. The molecule has 0 N–H and O–H groups in total. The van der Waals surface area contributed by atoms with Crippen molar-refractivity contribution in [1.82, 2.24) is 0 Å². The molecule has 0 saturated carbocycles. The Morgan fingerprint density at radius 3 is 1.77 bits per heavy atom. The van der Waals surface area contributed by atoms with Gasteiger partial charge in [-0.05, 0) is 13.8 Å². The van der Waals surface area contributed by atoms with Gasteiger partial charge in [-0.1, -0.05) is 0 Å². The minimum atomic E-state index is -0.0625. The van der Waals surface area contributed by atoms with E-state index in [0.29, 0.717) is 0 Å². The summed E-state index contributed by atoms with van der Waals surface area (Å²) in [5, 5.41) is 0. The topological polar surface area (TPSA) is 43.4 Å². The first kappa shape index (κ1) is 15.6. The van der Waals surface area contributed by atoms with Crippen LogP contribution in [0.3, 0.4) is 0 Å². The summed E-state index contributed by atoms with van der Waals surface area (Å²) >= 11 is 1.19. The van der Waals surface area contributed by atoms with Gasteiger partial charge >= 0.3 is 54.3 Å². The summed E-state index contributed by atoms with van der Waals surface area (Å²) in [7, 11) is 0. The van der Waals surface area contributed by atoms with Crippen molar-refractivity contribution in [2.45, 2.75) is 40.0 Å². The van der Waals surface area contributed by atoms with E-state index in [9.17, 15) is 9.59 Å². The van der Waals surface area contributed by atoms with Crippen LogP contribution in [0.2, 0.25) is 0 Å². The number of carbonyl (C=O) groups excluding carboxylic acids is 2. The average molecular weight is 264 g/mol. The Hall–Kier alpha value is 0.183. The predicted molar refractivity (Wildman–Crippen MR) is 46.8 cm³/mol. The molecule has 13 heavy (non-hydrogen) atoms. The average Bonchev–Trinajstić information content (AvgIpc) is 1.99. The molecule has 0 aliphatic heterocycles. The van der Waals surface area contributed by atoms with Crippen LogP contribution in [0.1, 0.15) is 40.0 Å². The fourth-order valence-electron chi connectivity index (χ4n) is 0.567. The molecular formula is C9H17O3Zr. The van der Waals surface area contributed by atoms with Gasteiger partial charge in [0.25, 0.3) is 0 Å². The summed E-state index contributed by atoms with van der Waals surface area (Å²) in [4.78, 5) is 20.1. The molecule has 0 spiro atoms. The third-order valence-corrected chi connectivity index (χ3v) is 1.60. The molecule has 0 aromatic heterocycles. The Kier molecular flexibility index (Phi) is 14.7. The fourth-order valence-corrected chi connectivity index (χ4v) is 0.922. The van der Waals surface area contributed by atoms with Gasteiger partial charge in [-0.2, -0.15) is 0 Å². The summed E-state index contributed by atoms with van der Waals surface area (Å²) in [5.74, 6) is -0.125. The molecule has 0 saturated heterocycles. The summed E-state index contributed by atoms with van der Waals surface area (Å²) in [5.41, 5.74) is 0. The van der Waals surface area contributed by atoms with E-state index < -0.39 is 0 Å². The minimum absolute atomic E-state index is 0.0625. The van der Waals surface area contributed by atoms with E-state index in [-0.39, 0.29) is 18.0 Å². The molecule has 0 fully saturated rings. The number of hydrogen-bond donors (Lipinski definition) is 0. The Morgan fingerprint density at radius 1 is 1.23 bits per heavy atom. The molecule has 0 aromatic carbocycles. The van der Waals surface area contributed by atoms with Crippen LogP contribution >= 0.6 is 0 Å². The molecule has 3 nitrogen and oxygen atoms in total. The molecule has 0 heterocycles. The van der Waals surface area contributed by atoms with Crippen molar-refractivity contribution in [1.29, 1.82) is 0 Å². The Balaban J connectivity index is 0. The number of ketones is 2. The molecule has 0 atom stereocenters. The number of carbonyl (C=O) groups is 2. The summed E-state index contributed by atoms with van der Waals surface area (Å²) in [6.45, 7) is 5.92. The Bertz CT molecular complexity index is 130. The van der Waals surface area contributed by atoms with Gasteiger partial charge in [0.05, 0.1) is 6.42 Å². The monoisotopic (exact) mass is 263 g/mol. The summed E-state index contributed by atoms with van der Waals surface area (Å²) in [6, 6.07) is 0. The van der Waals surface area contributed by atoms with Gasteiger partial charge in [-0.25, -0.2) is 0 Å². The number of unbranched alkanes of at least 4 members (excludes halogenated alkanes) is 1. The maximum absolute atomic E-state index is 10.0. The second-order valence-corrected chi connectivity index (χ2v) is 3.49. The van der Waals surface area contributed by atoms with Crippen molar-refractivity contribution in [3.05, 3.63) is 0 Å². The van der Waals surface area contributed by atoms with Crippen LogP contribution in [0.15, 0.2) is 0 Å². The van der Waals surface area contributed by atoms with Crippen LogP contribution in [0.4, 0.5) is 0 Å². The SMILES string of the molecule is CC(=O)CC(C)=O.CCCC[O][Zr]. The van der Waals surface area contributed by atoms with Crippen LogP contribution in [0.25, 0.3) is 0 Å². The molecule has 75 valence electrons. The van der Waals surface area contributed by atoms with Gasteiger partial charge in [-0.15, -0.1) is 0 Å². The molecule has 0 amide bonds. The van der Waals surface area contributed by atoms with Crippen molar-refractivity contribution in [3.63, 3.8) is 0 Å². The van der Waals surface area contributed by atoms with Gasteiger partial charge in [0, 0.05) is 0 Å². The molecular weight excluding hydrogens is 247 g/mol. The predicted octanol–water partition coefficient (Wildman–Crippen LogP) is 1.82. The van der Waals surface area contributed by atoms with Crippen LogP contribution in [-0.2, 0) is 37.6 Å². The van der Waals surface area contributed by atoms with E-state index in [0.717, 1.165) is 6.61 Å². The Morgan fingerprint density at radius 2 is 1.69 bits per heavy atom. The third kappa shape index (κ3) is 24.5. The van der Waals surface area contributed by atoms with E-state index >= 15 is 0 Å². The molecule has 4 heteroatoms. The zero-order valence-electron chi connectivity index (χ0n) is 8.55. The van der Waals surface area contributed by atoms with E-state index in [2.05, 4.69) is 6.92 Å².